The lowest BCUT2D eigenvalue weighted by atomic mass is 10.1. The summed E-state index contributed by atoms with van der Waals surface area (Å²) in [5.74, 6) is -0.919. The van der Waals surface area contributed by atoms with Gasteiger partial charge in [0.2, 0.25) is 0 Å². The Bertz CT molecular complexity index is 1020. The van der Waals surface area contributed by atoms with Crippen molar-refractivity contribution in [1.29, 1.82) is 0 Å². The Labute approximate surface area is 154 Å². The summed E-state index contributed by atoms with van der Waals surface area (Å²) >= 11 is 1.08. The molecule has 3 rings (SSSR count). The van der Waals surface area contributed by atoms with Crippen molar-refractivity contribution in [2.75, 3.05) is 4.72 Å². The van der Waals surface area contributed by atoms with Crippen LogP contribution < -0.4 is 10.0 Å². The Balaban J connectivity index is 1.78. The largest absolute Gasteiger partial charge is 0.348 e. The van der Waals surface area contributed by atoms with E-state index in [0.717, 1.165) is 11.3 Å². The number of thiophene rings is 1. The van der Waals surface area contributed by atoms with Gasteiger partial charge in [-0.05, 0) is 29.6 Å². The van der Waals surface area contributed by atoms with Gasteiger partial charge in [-0.15, -0.1) is 11.3 Å². The highest BCUT2D eigenvalue weighted by Crippen LogP contribution is 2.23. The molecular formula is C18H15FN2O3S2. The summed E-state index contributed by atoms with van der Waals surface area (Å²) in [5.41, 5.74) is 0.661. The maximum atomic E-state index is 13.7. The van der Waals surface area contributed by atoms with Crippen LogP contribution in [-0.4, -0.2) is 14.3 Å². The van der Waals surface area contributed by atoms with E-state index in [0.29, 0.717) is 5.56 Å². The maximum Gasteiger partial charge on any atom is 0.271 e. The number of hydrogen-bond donors (Lipinski definition) is 2. The fraction of sp³-hybridized carbons (Fsp3) is 0.0556. The summed E-state index contributed by atoms with van der Waals surface area (Å²) in [6, 6.07) is 15.5. The molecule has 2 aromatic carbocycles. The predicted molar refractivity (Wildman–Crippen MR) is 99.1 cm³/mol. The van der Waals surface area contributed by atoms with Crippen LogP contribution in [0.15, 0.2) is 70.3 Å². The average molecular weight is 390 g/mol. The maximum absolute atomic E-state index is 13.7. The molecule has 3 aromatic rings. The van der Waals surface area contributed by atoms with Gasteiger partial charge in [-0.2, -0.15) is 0 Å². The van der Waals surface area contributed by atoms with Crippen molar-refractivity contribution < 1.29 is 17.6 Å². The number of rotatable bonds is 6. The molecule has 0 saturated heterocycles. The van der Waals surface area contributed by atoms with Gasteiger partial charge in [0.1, 0.15) is 10.0 Å². The van der Waals surface area contributed by atoms with Crippen molar-refractivity contribution in [1.82, 2.24) is 5.32 Å². The zero-order valence-electron chi connectivity index (χ0n) is 13.5. The molecule has 134 valence electrons. The first-order valence-electron chi connectivity index (χ1n) is 7.64. The van der Waals surface area contributed by atoms with E-state index >= 15 is 0 Å². The fourth-order valence-electron chi connectivity index (χ4n) is 2.29. The smallest absolute Gasteiger partial charge is 0.271 e. The van der Waals surface area contributed by atoms with E-state index in [1.54, 1.807) is 41.8 Å². The van der Waals surface area contributed by atoms with Crippen molar-refractivity contribution >= 4 is 33.0 Å². The van der Waals surface area contributed by atoms with Gasteiger partial charge in [-0.25, -0.2) is 12.8 Å². The fourth-order valence-corrected chi connectivity index (χ4v) is 4.37. The van der Waals surface area contributed by atoms with Crippen LogP contribution in [0, 0.1) is 5.82 Å². The van der Waals surface area contributed by atoms with Gasteiger partial charge in [-0.1, -0.05) is 36.4 Å². The summed E-state index contributed by atoms with van der Waals surface area (Å²) in [6.45, 7) is -0.00246. The topological polar surface area (TPSA) is 75.3 Å². The van der Waals surface area contributed by atoms with Crippen LogP contribution in [0.2, 0.25) is 0 Å². The van der Waals surface area contributed by atoms with Crippen LogP contribution in [0.4, 0.5) is 10.1 Å². The second-order valence-electron chi connectivity index (χ2n) is 5.36. The standard InChI is InChI=1S/C18H15FN2O3S2/c19-15-8-3-1-6-13(15)12-20-18(22)14-7-2-4-9-16(14)21-26(23,24)17-10-5-11-25-17/h1-11,21H,12H2,(H,20,22). The number of anilines is 1. The number of para-hydroxylation sites is 1. The minimum Gasteiger partial charge on any atom is -0.348 e. The van der Waals surface area contributed by atoms with Gasteiger partial charge < -0.3 is 5.32 Å². The van der Waals surface area contributed by atoms with E-state index in [1.807, 2.05) is 0 Å². The number of halogens is 1. The zero-order valence-corrected chi connectivity index (χ0v) is 15.1. The molecule has 8 heteroatoms. The van der Waals surface area contributed by atoms with Crippen LogP contribution in [0.3, 0.4) is 0 Å². The van der Waals surface area contributed by atoms with E-state index in [4.69, 9.17) is 0 Å². The minimum atomic E-state index is -3.77. The van der Waals surface area contributed by atoms with E-state index < -0.39 is 21.7 Å². The first kappa shape index (κ1) is 18.1. The molecule has 5 nitrogen and oxygen atoms in total. The third-order valence-electron chi connectivity index (χ3n) is 3.57. The van der Waals surface area contributed by atoms with E-state index in [2.05, 4.69) is 10.0 Å². The predicted octanol–water partition coefficient (Wildman–Crippen LogP) is 3.62. The highest BCUT2D eigenvalue weighted by Gasteiger charge is 2.19. The monoisotopic (exact) mass is 390 g/mol. The lowest BCUT2D eigenvalue weighted by Crippen LogP contribution is -2.25. The van der Waals surface area contributed by atoms with Crippen molar-refractivity contribution in [3.8, 4) is 0 Å². The lowest BCUT2D eigenvalue weighted by Gasteiger charge is -2.12. The van der Waals surface area contributed by atoms with Gasteiger partial charge in [0.05, 0.1) is 11.3 Å². The highest BCUT2D eigenvalue weighted by atomic mass is 32.2. The highest BCUT2D eigenvalue weighted by molar-refractivity contribution is 7.94. The van der Waals surface area contributed by atoms with Crippen molar-refractivity contribution in [2.45, 2.75) is 10.8 Å². The second-order valence-corrected chi connectivity index (χ2v) is 8.21. The van der Waals surface area contributed by atoms with Crippen LogP contribution in [0.25, 0.3) is 0 Å². The van der Waals surface area contributed by atoms with E-state index in [9.17, 15) is 17.6 Å². The van der Waals surface area contributed by atoms with E-state index in [1.165, 1.54) is 24.3 Å². The Hall–Kier alpha value is -2.71. The number of amides is 1. The first-order valence-corrected chi connectivity index (χ1v) is 10.0. The number of sulfonamides is 1. The molecule has 0 fully saturated rings. The quantitative estimate of drug-likeness (QED) is 0.675. The van der Waals surface area contributed by atoms with Crippen molar-refractivity contribution in [2.24, 2.45) is 0 Å². The number of nitrogens with one attached hydrogen (secondary N) is 2. The molecule has 0 saturated carbocycles. The molecule has 0 unspecified atom stereocenters. The van der Waals surface area contributed by atoms with Crippen LogP contribution in [0.1, 0.15) is 15.9 Å². The Morgan fingerprint density at radius 2 is 1.73 bits per heavy atom. The van der Waals surface area contributed by atoms with Crippen LogP contribution >= 0.6 is 11.3 Å². The third kappa shape index (κ3) is 4.09. The summed E-state index contributed by atoms with van der Waals surface area (Å²) in [4.78, 5) is 12.5. The lowest BCUT2D eigenvalue weighted by molar-refractivity contribution is 0.0951. The van der Waals surface area contributed by atoms with E-state index in [-0.39, 0.29) is 22.0 Å². The molecule has 0 spiro atoms. The molecule has 0 aliphatic heterocycles. The SMILES string of the molecule is O=C(NCc1ccccc1F)c1ccccc1NS(=O)(=O)c1cccs1. The van der Waals surface area contributed by atoms with Crippen molar-refractivity contribution in [3.05, 3.63) is 83.0 Å². The summed E-state index contributed by atoms with van der Waals surface area (Å²) < 4.78 is 41.0. The minimum absolute atomic E-state index is 0.00246. The van der Waals surface area contributed by atoms with Gasteiger partial charge in [0, 0.05) is 12.1 Å². The van der Waals surface area contributed by atoms with Gasteiger partial charge >= 0.3 is 0 Å². The molecule has 0 bridgehead atoms. The molecule has 1 heterocycles. The molecule has 2 N–H and O–H groups in total. The molecule has 1 amide bonds. The Kier molecular flexibility index (Phi) is 5.34. The first-order chi connectivity index (χ1) is 12.5. The Morgan fingerprint density at radius 3 is 2.46 bits per heavy atom. The third-order valence-corrected chi connectivity index (χ3v) is 6.34. The van der Waals surface area contributed by atoms with Gasteiger partial charge in [0.15, 0.2) is 0 Å². The number of benzene rings is 2. The van der Waals surface area contributed by atoms with Crippen molar-refractivity contribution in [3.63, 3.8) is 0 Å². The Morgan fingerprint density at radius 1 is 1.00 bits per heavy atom. The molecule has 0 radical (unpaired) electrons. The molecule has 0 atom stereocenters. The molecule has 0 aliphatic rings. The molecule has 1 aromatic heterocycles. The van der Waals surface area contributed by atoms with Crippen LogP contribution in [0.5, 0.6) is 0 Å². The zero-order chi connectivity index (χ0) is 18.6. The normalized spacial score (nSPS) is 11.1. The average Bonchev–Trinajstić information content (AvgIpc) is 3.17. The number of carbonyl (C=O) groups is 1. The second kappa shape index (κ2) is 7.67. The molecule has 26 heavy (non-hydrogen) atoms. The number of hydrogen-bond acceptors (Lipinski definition) is 4. The summed E-state index contributed by atoms with van der Waals surface area (Å²) in [6.07, 6.45) is 0. The number of carbonyl (C=O) groups excluding carboxylic acids is 1. The van der Waals surface area contributed by atoms with Crippen LogP contribution in [-0.2, 0) is 16.6 Å². The molecular weight excluding hydrogens is 375 g/mol. The van der Waals surface area contributed by atoms with Gasteiger partial charge in [0.25, 0.3) is 15.9 Å². The van der Waals surface area contributed by atoms with Gasteiger partial charge in [-0.3, -0.25) is 9.52 Å². The summed E-state index contributed by atoms with van der Waals surface area (Å²) in [5, 5.41) is 4.26. The summed E-state index contributed by atoms with van der Waals surface area (Å²) in [7, 11) is -3.77. The molecule has 0 aliphatic carbocycles.